The Morgan fingerprint density at radius 2 is 1.81 bits per heavy atom. The summed E-state index contributed by atoms with van der Waals surface area (Å²) >= 11 is 0. The molecule has 1 aliphatic carbocycles. The van der Waals surface area contributed by atoms with Crippen molar-refractivity contribution in [2.45, 2.75) is 63.0 Å². The van der Waals surface area contributed by atoms with E-state index in [2.05, 4.69) is 17.0 Å². The number of likely N-dealkylation sites (N-methyl/N-ethyl adjacent to an activating group) is 1. The van der Waals surface area contributed by atoms with Gasteiger partial charge >= 0.3 is 5.97 Å². The van der Waals surface area contributed by atoms with Crippen LogP contribution in [-0.2, 0) is 21.6 Å². The van der Waals surface area contributed by atoms with Crippen LogP contribution >= 0.6 is 0 Å². The number of quaternary nitrogens is 1. The van der Waals surface area contributed by atoms with Gasteiger partial charge in [-0.25, -0.2) is 14.8 Å². The van der Waals surface area contributed by atoms with E-state index in [1.807, 2.05) is 42.7 Å². The van der Waals surface area contributed by atoms with Gasteiger partial charge in [0.25, 0.3) is 0 Å². The monoisotopic (exact) mass is 438 g/mol. The molecule has 2 aromatic rings. The number of carbonyl (C=O) groups is 1. The van der Waals surface area contributed by atoms with Crippen LogP contribution in [0.3, 0.4) is 0 Å². The van der Waals surface area contributed by atoms with Crippen LogP contribution in [-0.4, -0.2) is 58.3 Å². The van der Waals surface area contributed by atoms with Gasteiger partial charge in [-0.1, -0.05) is 49.6 Å². The molecule has 1 saturated carbocycles. The highest BCUT2D eigenvalue weighted by Crippen LogP contribution is 2.40. The van der Waals surface area contributed by atoms with Crippen molar-refractivity contribution in [3.63, 3.8) is 0 Å². The van der Waals surface area contributed by atoms with E-state index in [0.29, 0.717) is 12.2 Å². The molecule has 0 amide bonds. The number of likely N-dealkylation sites (tertiary alicyclic amines) is 1. The third-order valence-corrected chi connectivity index (χ3v) is 7.74. The van der Waals surface area contributed by atoms with E-state index in [1.165, 1.54) is 6.42 Å². The summed E-state index contributed by atoms with van der Waals surface area (Å²) in [7, 11) is 2.25. The molecule has 2 fully saturated rings. The molecular weight excluding hydrogens is 402 g/mol. The molecule has 32 heavy (non-hydrogen) atoms. The van der Waals surface area contributed by atoms with Gasteiger partial charge in [-0.05, 0) is 24.0 Å². The third-order valence-electron chi connectivity index (χ3n) is 7.74. The van der Waals surface area contributed by atoms with Gasteiger partial charge in [-0.2, -0.15) is 0 Å². The molecule has 2 unspecified atom stereocenters. The van der Waals surface area contributed by atoms with Crippen molar-refractivity contribution in [2.24, 2.45) is 5.92 Å². The van der Waals surface area contributed by atoms with Crippen LogP contribution in [0.2, 0.25) is 0 Å². The molecule has 6 heteroatoms. The number of carbonyl (C=O) groups excluding carboxylic acids is 1. The Labute approximate surface area is 191 Å². The van der Waals surface area contributed by atoms with Gasteiger partial charge in [-0.3, -0.25) is 0 Å². The molecule has 6 nitrogen and oxygen atoms in total. The Morgan fingerprint density at radius 3 is 2.53 bits per heavy atom. The van der Waals surface area contributed by atoms with E-state index in [1.54, 1.807) is 6.33 Å². The van der Waals surface area contributed by atoms with Crippen LogP contribution in [0.15, 0.2) is 49.1 Å². The van der Waals surface area contributed by atoms with Crippen molar-refractivity contribution in [3.05, 3.63) is 60.2 Å². The van der Waals surface area contributed by atoms with E-state index >= 15 is 0 Å². The number of ether oxygens (including phenoxy) is 1. The van der Waals surface area contributed by atoms with Gasteiger partial charge in [0.2, 0.25) is 0 Å². The lowest BCUT2D eigenvalue weighted by Gasteiger charge is -2.39. The van der Waals surface area contributed by atoms with E-state index in [-0.39, 0.29) is 12.0 Å². The second-order valence-corrected chi connectivity index (χ2v) is 9.79. The highest BCUT2D eigenvalue weighted by Gasteiger charge is 2.48. The lowest BCUT2D eigenvalue weighted by molar-refractivity contribution is -0.921. The van der Waals surface area contributed by atoms with E-state index < -0.39 is 11.6 Å². The molecular formula is C26H36N3O3+. The largest absolute Gasteiger partial charge is 0.457 e. The maximum Gasteiger partial charge on any atom is 0.343 e. The molecule has 0 radical (unpaired) electrons. The molecule has 1 aliphatic heterocycles. The number of esters is 1. The minimum absolute atomic E-state index is 0.0892. The summed E-state index contributed by atoms with van der Waals surface area (Å²) < 4.78 is 6.79. The molecule has 1 saturated heterocycles. The van der Waals surface area contributed by atoms with E-state index in [0.717, 1.165) is 68.1 Å². The second-order valence-electron chi connectivity index (χ2n) is 9.79. The third kappa shape index (κ3) is 4.86. The fourth-order valence-electron chi connectivity index (χ4n) is 5.60. The number of aromatic nitrogens is 2. The van der Waals surface area contributed by atoms with Crippen LogP contribution in [0.5, 0.6) is 0 Å². The van der Waals surface area contributed by atoms with Crippen molar-refractivity contribution in [3.8, 4) is 0 Å². The van der Waals surface area contributed by atoms with Crippen LogP contribution in [0, 0.1) is 5.92 Å². The first-order valence-electron chi connectivity index (χ1n) is 12.1. The number of hydrogen-bond donors (Lipinski definition) is 1. The predicted molar refractivity (Wildman–Crippen MR) is 123 cm³/mol. The van der Waals surface area contributed by atoms with Gasteiger partial charge in [0.05, 0.1) is 20.1 Å². The zero-order valence-corrected chi connectivity index (χ0v) is 19.2. The molecule has 1 N–H and O–H groups in total. The summed E-state index contributed by atoms with van der Waals surface area (Å²) in [5.41, 5.74) is 0.223. The number of rotatable bonds is 8. The minimum atomic E-state index is -1.56. The Balaban J connectivity index is 1.44. The Hall–Kier alpha value is -2.31. The average Bonchev–Trinajstić information content (AvgIpc) is 3.23. The van der Waals surface area contributed by atoms with Gasteiger partial charge in [0.1, 0.15) is 19.0 Å². The Bertz CT molecular complexity index is 872. The number of aliphatic hydroxyl groups is 1. The zero-order valence-electron chi connectivity index (χ0n) is 19.2. The molecule has 4 rings (SSSR count). The second kappa shape index (κ2) is 10.1. The number of benzene rings is 1. The normalized spacial score (nSPS) is 25.9. The summed E-state index contributed by atoms with van der Waals surface area (Å²) in [6.45, 7) is 2.38. The van der Waals surface area contributed by atoms with Crippen molar-refractivity contribution in [2.75, 3.05) is 26.7 Å². The first-order valence-corrected chi connectivity index (χ1v) is 12.1. The SMILES string of the molecule is C[N+]1(CCc2cncnc2)CCCC1COC(=O)[C@](O)(c1ccccc1)C1CCCCC1. The minimum Gasteiger partial charge on any atom is -0.457 e. The summed E-state index contributed by atoms with van der Waals surface area (Å²) in [4.78, 5) is 21.6. The zero-order chi connectivity index (χ0) is 22.4. The molecule has 2 aliphatic rings. The van der Waals surface area contributed by atoms with Crippen LogP contribution in [0.1, 0.15) is 56.1 Å². The summed E-state index contributed by atoms with van der Waals surface area (Å²) in [5, 5.41) is 11.7. The molecule has 0 spiro atoms. The molecule has 1 aromatic heterocycles. The summed E-state index contributed by atoms with van der Waals surface area (Å²) in [6, 6.07) is 9.63. The van der Waals surface area contributed by atoms with E-state index in [9.17, 15) is 9.90 Å². The Morgan fingerprint density at radius 1 is 1.09 bits per heavy atom. The lowest BCUT2D eigenvalue weighted by Crippen LogP contribution is -2.52. The van der Waals surface area contributed by atoms with Gasteiger partial charge in [0.15, 0.2) is 5.60 Å². The molecule has 172 valence electrons. The predicted octanol–water partition coefficient (Wildman–Crippen LogP) is 3.64. The van der Waals surface area contributed by atoms with Gasteiger partial charge in [-0.15, -0.1) is 0 Å². The fraction of sp³-hybridized carbons (Fsp3) is 0.577. The topological polar surface area (TPSA) is 72.3 Å². The number of nitrogens with zero attached hydrogens (tertiary/aromatic N) is 3. The van der Waals surface area contributed by atoms with Crippen molar-refractivity contribution in [1.82, 2.24) is 9.97 Å². The van der Waals surface area contributed by atoms with Crippen LogP contribution in [0.4, 0.5) is 0 Å². The first-order chi connectivity index (χ1) is 15.5. The quantitative estimate of drug-likeness (QED) is 0.503. The molecule has 2 heterocycles. The number of hydrogen-bond acceptors (Lipinski definition) is 5. The average molecular weight is 439 g/mol. The summed E-state index contributed by atoms with van der Waals surface area (Å²) in [6.07, 6.45) is 13.3. The molecule has 3 atom stereocenters. The lowest BCUT2D eigenvalue weighted by atomic mass is 9.73. The maximum atomic E-state index is 13.4. The maximum absolute atomic E-state index is 13.4. The van der Waals surface area contributed by atoms with Crippen molar-refractivity contribution < 1.29 is 19.1 Å². The van der Waals surface area contributed by atoms with E-state index in [4.69, 9.17) is 4.74 Å². The van der Waals surface area contributed by atoms with Crippen LogP contribution < -0.4 is 0 Å². The van der Waals surface area contributed by atoms with Crippen molar-refractivity contribution >= 4 is 5.97 Å². The van der Waals surface area contributed by atoms with Crippen molar-refractivity contribution in [1.29, 1.82) is 0 Å². The first kappa shape index (κ1) is 22.9. The van der Waals surface area contributed by atoms with Gasteiger partial charge < -0.3 is 14.3 Å². The highest BCUT2D eigenvalue weighted by molar-refractivity contribution is 5.81. The standard InChI is InChI=1S/C26H36N3O3/c1-29(16-14-21-17-27-20-28-18-21)15-8-13-24(29)19-32-25(30)26(31,22-9-4-2-5-10-22)23-11-6-3-7-12-23/h2,4-5,9-10,17-18,20,23-24,31H,3,6-8,11-16,19H2,1H3/q+1/t24?,26-,29?/m0/s1. The molecule has 0 bridgehead atoms. The highest BCUT2D eigenvalue weighted by atomic mass is 16.6. The summed E-state index contributed by atoms with van der Waals surface area (Å²) in [5.74, 6) is -0.570. The fourth-order valence-corrected chi connectivity index (χ4v) is 5.60. The van der Waals surface area contributed by atoms with Crippen LogP contribution in [0.25, 0.3) is 0 Å². The Kier molecular flexibility index (Phi) is 7.21. The smallest absolute Gasteiger partial charge is 0.343 e. The van der Waals surface area contributed by atoms with Gasteiger partial charge in [0, 0.05) is 37.6 Å². The molecule has 1 aromatic carbocycles.